The minimum atomic E-state index is 0.480. The van der Waals surface area contributed by atoms with Gasteiger partial charge in [0.1, 0.15) is 10.0 Å². The molecule has 0 aliphatic heterocycles. The van der Waals surface area contributed by atoms with Crippen LogP contribution >= 0.6 is 23.1 Å². The van der Waals surface area contributed by atoms with E-state index in [0.29, 0.717) is 6.54 Å². The Balaban J connectivity index is 1.93. The van der Waals surface area contributed by atoms with E-state index in [1.54, 1.807) is 23.1 Å². The predicted octanol–water partition coefficient (Wildman–Crippen LogP) is 2.29. The Morgan fingerprint density at radius 3 is 2.53 bits per heavy atom. The first-order valence-corrected chi connectivity index (χ1v) is 6.38. The van der Waals surface area contributed by atoms with Crippen molar-refractivity contribution in [2.45, 2.75) is 17.2 Å². The second-order valence-electron chi connectivity index (χ2n) is 2.90. The van der Waals surface area contributed by atoms with Crippen molar-refractivity contribution in [2.75, 3.05) is 0 Å². The molecule has 0 saturated heterocycles. The molecule has 0 atom stereocenters. The summed E-state index contributed by atoms with van der Waals surface area (Å²) in [5.74, 6) is 0.863. The summed E-state index contributed by atoms with van der Waals surface area (Å²) in [6.45, 7) is 0.480. The van der Waals surface area contributed by atoms with Crippen LogP contribution in [0.4, 0.5) is 0 Å². The maximum absolute atomic E-state index is 5.47. The lowest BCUT2D eigenvalue weighted by molar-refractivity contribution is 0.942. The average molecular weight is 237 g/mol. The van der Waals surface area contributed by atoms with Crippen molar-refractivity contribution in [3.05, 3.63) is 40.3 Å². The van der Waals surface area contributed by atoms with Gasteiger partial charge in [-0.15, -0.1) is 22.0 Å². The number of hydrogen-bond donors (Lipinski definition) is 1. The Hall–Kier alpha value is -0.910. The number of hydrogen-bond acceptors (Lipinski definition) is 5. The van der Waals surface area contributed by atoms with E-state index >= 15 is 0 Å². The van der Waals surface area contributed by atoms with E-state index in [1.165, 1.54) is 4.90 Å². The van der Waals surface area contributed by atoms with Crippen LogP contribution < -0.4 is 5.73 Å². The lowest BCUT2D eigenvalue weighted by Gasteiger charge is -1.96. The fourth-order valence-electron chi connectivity index (χ4n) is 1.09. The SMILES string of the molecule is NCc1nnc(CSc2ccccc2)s1. The summed E-state index contributed by atoms with van der Waals surface area (Å²) in [6.07, 6.45) is 0. The molecule has 2 aromatic rings. The van der Waals surface area contributed by atoms with Gasteiger partial charge in [-0.05, 0) is 12.1 Å². The minimum absolute atomic E-state index is 0.480. The molecule has 0 amide bonds. The molecule has 1 aromatic carbocycles. The molecule has 5 heteroatoms. The summed E-state index contributed by atoms with van der Waals surface area (Å²) in [4.78, 5) is 1.25. The minimum Gasteiger partial charge on any atom is -0.324 e. The molecule has 3 nitrogen and oxygen atoms in total. The largest absolute Gasteiger partial charge is 0.324 e. The molecule has 1 aromatic heterocycles. The predicted molar refractivity (Wildman–Crippen MR) is 63.8 cm³/mol. The van der Waals surface area contributed by atoms with Crippen molar-refractivity contribution >= 4 is 23.1 Å². The zero-order valence-electron chi connectivity index (χ0n) is 8.09. The van der Waals surface area contributed by atoms with Crippen LogP contribution in [0.5, 0.6) is 0 Å². The van der Waals surface area contributed by atoms with Crippen LogP contribution in [0.3, 0.4) is 0 Å². The standard InChI is InChI=1S/C10H11N3S2/c11-6-9-12-13-10(15-9)7-14-8-4-2-1-3-5-8/h1-5H,6-7,11H2. The fraction of sp³-hybridized carbons (Fsp3) is 0.200. The first-order valence-electron chi connectivity index (χ1n) is 4.57. The Morgan fingerprint density at radius 2 is 1.87 bits per heavy atom. The average Bonchev–Trinajstić information content (AvgIpc) is 2.76. The van der Waals surface area contributed by atoms with Crippen LogP contribution in [0.15, 0.2) is 35.2 Å². The van der Waals surface area contributed by atoms with Crippen LogP contribution in [-0.2, 0) is 12.3 Å². The molecule has 0 saturated carbocycles. The summed E-state index contributed by atoms with van der Waals surface area (Å²) in [6, 6.07) is 10.3. The van der Waals surface area contributed by atoms with E-state index in [2.05, 4.69) is 22.3 Å². The fourth-order valence-corrected chi connectivity index (χ4v) is 2.72. The normalized spacial score (nSPS) is 10.5. The van der Waals surface area contributed by atoms with Crippen molar-refractivity contribution in [1.29, 1.82) is 0 Å². The van der Waals surface area contributed by atoms with Gasteiger partial charge in [-0.3, -0.25) is 0 Å². The highest BCUT2D eigenvalue weighted by molar-refractivity contribution is 7.98. The summed E-state index contributed by atoms with van der Waals surface area (Å²) < 4.78 is 0. The molecule has 78 valence electrons. The van der Waals surface area contributed by atoms with E-state index in [9.17, 15) is 0 Å². The van der Waals surface area contributed by atoms with Crippen molar-refractivity contribution in [3.63, 3.8) is 0 Å². The zero-order valence-corrected chi connectivity index (χ0v) is 9.72. The van der Waals surface area contributed by atoms with Gasteiger partial charge in [-0.2, -0.15) is 0 Å². The molecular weight excluding hydrogens is 226 g/mol. The topological polar surface area (TPSA) is 51.8 Å². The number of nitrogens with two attached hydrogens (primary N) is 1. The summed E-state index contributed by atoms with van der Waals surface area (Å²) in [5.41, 5.74) is 5.47. The molecule has 0 fully saturated rings. The van der Waals surface area contributed by atoms with E-state index in [1.807, 2.05) is 18.2 Å². The quantitative estimate of drug-likeness (QED) is 0.829. The Kier molecular flexibility index (Phi) is 3.71. The van der Waals surface area contributed by atoms with Crippen LogP contribution in [-0.4, -0.2) is 10.2 Å². The van der Waals surface area contributed by atoms with Gasteiger partial charge < -0.3 is 5.73 Å². The van der Waals surface area contributed by atoms with E-state index in [-0.39, 0.29) is 0 Å². The molecule has 0 aliphatic carbocycles. The number of rotatable bonds is 4. The third-order valence-corrected chi connectivity index (χ3v) is 3.94. The van der Waals surface area contributed by atoms with Crippen LogP contribution in [0, 0.1) is 0 Å². The molecule has 15 heavy (non-hydrogen) atoms. The van der Waals surface area contributed by atoms with E-state index < -0.39 is 0 Å². The Morgan fingerprint density at radius 1 is 1.13 bits per heavy atom. The van der Waals surface area contributed by atoms with E-state index in [4.69, 9.17) is 5.73 Å². The van der Waals surface area contributed by atoms with Gasteiger partial charge in [0.2, 0.25) is 0 Å². The highest BCUT2D eigenvalue weighted by atomic mass is 32.2. The van der Waals surface area contributed by atoms with Crippen LogP contribution in [0.1, 0.15) is 10.0 Å². The van der Waals surface area contributed by atoms with Crippen molar-refractivity contribution in [3.8, 4) is 0 Å². The van der Waals surface area contributed by atoms with Crippen LogP contribution in [0.2, 0.25) is 0 Å². The third kappa shape index (κ3) is 3.02. The number of benzene rings is 1. The van der Waals surface area contributed by atoms with Gasteiger partial charge in [0.15, 0.2) is 0 Å². The van der Waals surface area contributed by atoms with Gasteiger partial charge in [0.05, 0.1) is 5.75 Å². The second-order valence-corrected chi connectivity index (χ2v) is 5.09. The molecular formula is C10H11N3S2. The highest BCUT2D eigenvalue weighted by Crippen LogP contribution is 2.23. The van der Waals surface area contributed by atoms with Gasteiger partial charge in [0.25, 0.3) is 0 Å². The summed E-state index contributed by atoms with van der Waals surface area (Å²) in [5, 5.41) is 9.98. The molecule has 0 unspecified atom stereocenters. The summed E-state index contributed by atoms with van der Waals surface area (Å²) >= 11 is 3.35. The maximum Gasteiger partial charge on any atom is 0.131 e. The first kappa shape index (κ1) is 10.6. The number of thioether (sulfide) groups is 1. The van der Waals surface area contributed by atoms with Crippen molar-refractivity contribution in [2.24, 2.45) is 5.73 Å². The van der Waals surface area contributed by atoms with Gasteiger partial charge in [0, 0.05) is 11.4 Å². The molecule has 2 N–H and O–H groups in total. The number of nitrogens with zero attached hydrogens (tertiary/aromatic N) is 2. The van der Waals surface area contributed by atoms with Crippen LogP contribution in [0.25, 0.3) is 0 Å². The van der Waals surface area contributed by atoms with Gasteiger partial charge >= 0.3 is 0 Å². The molecule has 0 spiro atoms. The van der Waals surface area contributed by atoms with Crippen molar-refractivity contribution < 1.29 is 0 Å². The molecule has 0 bridgehead atoms. The molecule has 0 radical (unpaired) electrons. The Bertz CT molecular complexity index is 414. The molecule has 1 heterocycles. The van der Waals surface area contributed by atoms with Gasteiger partial charge in [-0.25, -0.2) is 0 Å². The molecule has 0 aliphatic rings. The third-order valence-electron chi connectivity index (χ3n) is 1.79. The smallest absolute Gasteiger partial charge is 0.131 e. The Labute approximate surface area is 96.7 Å². The van der Waals surface area contributed by atoms with Gasteiger partial charge in [-0.1, -0.05) is 29.5 Å². The van der Waals surface area contributed by atoms with E-state index in [0.717, 1.165) is 15.8 Å². The maximum atomic E-state index is 5.47. The first-order chi connectivity index (χ1) is 7.38. The van der Waals surface area contributed by atoms with Crippen molar-refractivity contribution in [1.82, 2.24) is 10.2 Å². The highest BCUT2D eigenvalue weighted by Gasteiger charge is 2.02. The monoisotopic (exact) mass is 237 g/mol. The number of aromatic nitrogens is 2. The summed E-state index contributed by atoms with van der Waals surface area (Å²) in [7, 11) is 0. The lowest BCUT2D eigenvalue weighted by atomic mass is 10.4. The lowest BCUT2D eigenvalue weighted by Crippen LogP contribution is -1.94. The molecule has 2 rings (SSSR count). The zero-order chi connectivity index (χ0) is 10.5. The second kappa shape index (κ2) is 5.25.